The van der Waals surface area contributed by atoms with Gasteiger partial charge >= 0.3 is 5.97 Å². The number of carbonyl (C=O) groups is 1. The van der Waals surface area contributed by atoms with Gasteiger partial charge < -0.3 is 18.8 Å². The Morgan fingerprint density at radius 1 is 1.30 bits per heavy atom. The van der Waals surface area contributed by atoms with E-state index in [1.807, 2.05) is 6.07 Å². The smallest absolute Gasteiger partial charge is 0.313 e. The van der Waals surface area contributed by atoms with Gasteiger partial charge in [-0.05, 0) is 24.0 Å². The van der Waals surface area contributed by atoms with Crippen LogP contribution in [0.4, 0.5) is 0 Å². The van der Waals surface area contributed by atoms with Crippen LogP contribution in [0.5, 0.6) is 0 Å². The predicted octanol–water partition coefficient (Wildman–Crippen LogP) is 1.39. The summed E-state index contributed by atoms with van der Waals surface area (Å²) in [6, 6.07) is 1.87. The van der Waals surface area contributed by atoms with Crippen LogP contribution in [0.2, 0.25) is 0 Å². The first-order valence-electron chi connectivity index (χ1n) is 8.85. The second kappa shape index (κ2) is 4.68. The average Bonchev–Trinajstić information content (AvgIpc) is 3.12. The van der Waals surface area contributed by atoms with Crippen molar-refractivity contribution < 1.29 is 20.4 Å². The molecule has 23 heavy (non-hydrogen) atoms. The fourth-order valence-corrected chi connectivity index (χ4v) is 4.00. The molecule has 2 fully saturated rings. The number of nitrogens with zero attached hydrogens (tertiary/aromatic N) is 1. The molecule has 2 atom stereocenters. The van der Waals surface area contributed by atoms with Crippen LogP contribution in [0.15, 0.2) is 10.9 Å². The lowest BCUT2D eigenvalue weighted by Gasteiger charge is -2.27. The maximum atomic E-state index is 13.0. The van der Waals surface area contributed by atoms with E-state index in [0.717, 1.165) is 12.8 Å². The molecule has 6 heteroatoms. The van der Waals surface area contributed by atoms with Crippen LogP contribution < -0.4 is 5.56 Å². The van der Waals surface area contributed by atoms with Gasteiger partial charge in [-0.2, -0.15) is 0 Å². The Morgan fingerprint density at radius 3 is 2.83 bits per heavy atom. The number of pyridine rings is 1. The molecular formula is C17H19NO5. The van der Waals surface area contributed by atoms with Gasteiger partial charge in [0.25, 0.3) is 5.56 Å². The molecule has 1 spiro atoms. The maximum Gasteiger partial charge on any atom is 0.313 e. The Kier molecular flexibility index (Phi) is 2.59. The van der Waals surface area contributed by atoms with Crippen molar-refractivity contribution in [3.63, 3.8) is 0 Å². The molecule has 6 nitrogen and oxygen atoms in total. The monoisotopic (exact) mass is 318 g/mol. The van der Waals surface area contributed by atoms with Gasteiger partial charge in [0.2, 0.25) is 5.79 Å². The van der Waals surface area contributed by atoms with Gasteiger partial charge in [-0.15, -0.1) is 0 Å². The molecule has 5 rings (SSSR count). The lowest BCUT2D eigenvalue weighted by molar-refractivity contribution is -0.163. The van der Waals surface area contributed by atoms with Crippen molar-refractivity contribution in [3.8, 4) is 0 Å². The minimum Gasteiger partial charge on any atom is -0.460 e. The molecule has 4 aliphatic rings. The standard InChI is InChI=1S/C17H19NO5/c19-15-13-9-21-16(20)12(7-10-1-2-10)11(13)8-14-17(3-4-18(14)15)22-5-6-23-17/h8,10,12H,1-7,9H2/i9D. The van der Waals surface area contributed by atoms with Crippen LogP contribution in [-0.2, 0) is 37.9 Å². The van der Waals surface area contributed by atoms with E-state index in [9.17, 15) is 9.59 Å². The van der Waals surface area contributed by atoms with E-state index >= 15 is 0 Å². The first kappa shape index (κ1) is 12.7. The van der Waals surface area contributed by atoms with E-state index in [1.165, 1.54) is 0 Å². The molecule has 4 heterocycles. The third kappa shape index (κ3) is 1.94. The molecule has 1 aromatic rings. The summed E-state index contributed by atoms with van der Waals surface area (Å²) in [5.41, 5.74) is 1.40. The van der Waals surface area contributed by atoms with Crippen molar-refractivity contribution in [2.45, 2.75) is 50.5 Å². The fraction of sp³-hybridized carbons (Fsp3) is 0.647. The molecule has 0 aromatic carbocycles. The van der Waals surface area contributed by atoms with Gasteiger partial charge in [0.05, 0.1) is 31.8 Å². The molecule has 2 unspecified atom stereocenters. The summed E-state index contributed by atoms with van der Waals surface area (Å²) < 4.78 is 26.5. The summed E-state index contributed by atoms with van der Waals surface area (Å²) >= 11 is 0. The number of carbonyl (C=O) groups excluding carboxylic acids is 1. The van der Waals surface area contributed by atoms with Gasteiger partial charge in [0.1, 0.15) is 6.58 Å². The second-order valence-corrected chi connectivity index (χ2v) is 6.84. The zero-order valence-corrected chi connectivity index (χ0v) is 12.7. The number of hydrogen-bond acceptors (Lipinski definition) is 5. The van der Waals surface area contributed by atoms with E-state index in [1.54, 1.807) is 4.57 Å². The van der Waals surface area contributed by atoms with Gasteiger partial charge in [0.15, 0.2) is 0 Å². The summed E-state index contributed by atoms with van der Waals surface area (Å²) in [7, 11) is 0. The second-order valence-electron chi connectivity index (χ2n) is 6.84. The Hall–Kier alpha value is -1.66. The SMILES string of the molecule is [2H]C1OC(=O)C(CC2CC2)c2cc3n(c(=O)c21)CCC31OCCO1. The van der Waals surface area contributed by atoms with Crippen LogP contribution in [0.1, 0.15) is 49.8 Å². The molecule has 3 aliphatic heterocycles. The number of cyclic esters (lactones) is 1. The Balaban J connectivity index is 1.69. The molecular weight excluding hydrogens is 298 g/mol. The Labute approximate surface area is 134 Å². The largest absolute Gasteiger partial charge is 0.460 e. The summed E-state index contributed by atoms with van der Waals surface area (Å²) in [6.45, 7) is 0.255. The minimum atomic E-state index is -1.24. The highest BCUT2D eigenvalue weighted by Gasteiger charge is 2.47. The van der Waals surface area contributed by atoms with Crippen LogP contribution in [-0.4, -0.2) is 23.8 Å². The average molecular weight is 318 g/mol. The van der Waals surface area contributed by atoms with Gasteiger partial charge in [-0.3, -0.25) is 9.59 Å². The first-order valence-corrected chi connectivity index (χ1v) is 8.28. The molecule has 122 valence electrons. The van der Waals surface area contributed by atoms with Crippen molar-refractivity contribution in [2.24, 2.45) is 5.92 Å². The number of fused-ring (bicyclic) bond motifs is 3. The van der Waals surface area contributed by atoms with Crippen molar-refractivity contribution in [2.75, 3.05) is 13.2 Å². The van der Waals surface area contributed by atoms with Gasteiger partial charge in [0, 0.05) is 13.0 Å². The van der Waals surface area contributed by atoms with Crippen molar-refractivity contribution >= 4 is 5.97 Å². The van der Waals surface area contributed by atoms with Gasteiger partial charge in [-0.25, -0.2) is 0 Å². The molecule has 0 radical (unpaired) electrons. The summed E-state index contributed by atoms with van der Waals surface area (Å²) in [6.07, 6.45) is 3.50. The topological polar surface area (TPSA) is 66.8 Å². The first-order chi connectivity index (χ1) is 11.6. The fourth-order valence-electron chi connectivity index (χ4n) is 4.00. The highest BCUT2D eigenvalue weighted by atomic mass is 16.7. The summed E-state index contributed by atoms with van der Waals surface area (Å²) in [5, 5.41) is 0. The van der Waals surface area contributed by atoms with E-state index < -0.39 is 18.3 Å². The zero-order chi connectivity index (χ0) is 16.5. The van der Waals surface area contributed by atoms with E-state index in [4.69, 9.17) is 15.6 Å². The Bertz CT molecular complexity index is 778. The number of hydrogen-bond donors (Lipinski definition) is 0. The predicted molar refractivity (Wildman–Crippen MR) is 78.8 cm³/mol. The van der Waals surface area contributed by atoms with Crippen molar-refractivity contribution in [1.29, 1.82) is 0 Å². The van der Waals surface area contributed by atoms with Crippen molar-refractivity contribution in [3.05, 3.63) is 33.2 Å². The van der Waals surface area contributed by atoms with E-state index in [-0.39, 0.29) is 11.5 Å². The molecule has 0 N–H and O–H groups in total. The van der Waals surface area contributed by atoms with E-state index in [2.05, 4.69) is 0 Å². The van der Waals surface area contributed by atoms with Crippen LogP contribution >= 0.6 is 0 Å². The molecule has 1 saturated heterocycles. The normalized spacial score (nSPS) is 31.7. The lowest BCUT2D eigenvalue weighted by atomic mass is 9.88. The third-order valence-corrected chi connectivity index (χ3v) is 5.40. The Morgan fingerprint density at radius 2 is 2.09 bits per heavy atom. The number of ether oxygens (including phenoxy) is 3. The van der Waals surface area contributed by atoms with E-state index in [0.29, 0.717) is 55.3 Å². The minimum absolute atomic E-state index is 0.244. The maximum absolute atomic E-state index is 13.0. The number of esters is 1. The van der Waals surface area contributed by atoms with Gasteiger partial charge in [-0.1, -0.05) is 12.8 Å². The van der Waals surface area contributed by atoms with Crippen LogP contribution in [0, 0.1) is 5.92 Å². The third-order valence-electron chi connectivity index (χ3n) is 5.40. The summed E-state index contributed by atoms with van der Waals surface area (Å²) in [4.78, 5) is 25.3. The molecule has 0 bridgehead atoms. The number of rotatable bonds is 2. The zero-order valence-electron chi connectivity index (χ0n) is 13.7. The van der Waals surface area contributed by atoms with Crippen LogP contribution in [0.25, 0.3) is 0 Å². The quantitative estimate of drug-likeness (QED) is 0.771. The molecule has 1 aromatic heterocycles. The number of aromatic nitrogens is 1. The summed E-state index contributed by atoms with van der Waals surface area (Å²) in [5.74, 6) is -1.19. The van der Waals surface area contributed by atoms with Crippen molar-refractivity contribution in [1.82, 2.24) is 4.57 Å². The lowest BCUT2D eigenvalue weighted by Crippen LogP contribution is -2.35. The highest BCUT2D eigenvalue weighted by molar-refractivity contribution is 5.80. The molecule has 0 amide bonds. The molecule has 1 aliphatic carbocycles. The van der Waals surface area contributed by atoms with Crippen LogP contribution in [0.3, 0.4) is 0 Å². The molecule has 1 saturated carbocycles. The highest BCUT2D eigenvalue weighted by Crippen LogP contribution is 2.44.